The van der Waals surface area contributed by atoms with Gasteiger partial charge in [0.2, 0.25) is 0 Å². The van der Waals surface area contributed by atoms with E-state index in [9.17, 15) is 19.5 Å². The minimum atomic E-state index is -0.946. The number of aliphatic hydroxyl groups excluding tert-OH is 1. The van der Waals surface area contributed by atoms with Crippen LogP contribution in [0.4, 0.5) is 11.4 Å². The number of methoxy groups -OCH3 is 1. The van der Waals surface area contributed by atoms with Gasteiger partial charge in [-0.15, -0.1) is 0 Å². The summed E-state index contributed by atoms with van der Waals surface area (Å²) in [4.78, 5) is 41.6. The number of carbonyl (C=O) groups is 3. The van der Waals surface area contributed by atoms with Crippen molar-refractivity contribution in [3.63, 3.8) is 0 Å². The third-order valence-electron chi connectivity index (χ3n) is 6.56. The molecule has 38 heavy (non-hydrogen) atoms. The lowest BCUT2D eigenvalue weighted by molar-refractivity contribution is -0.132. The third-order valence-corrected chi connectivity index (χ3v) is 6.56. The Bertz CT molecular complexity index is 1460. The Morgan fingerprint density at radius 1 is 1.03 bits per heavy atom. The fourth-order valence-corrected chi connectivity index (χ4v) is 4.71. The molecule has 3 aromatic rings. The Hall–Kier alpha value is -4.79. The van der Waals surface area contributed by atoms with Crippen LogP contribution in [0.15, 0.2) is 72.3 Å². The molecular formula is C29H26N2O7. The largest absolute Gasteiger partial charge is 0.507 e. The van der Waals surface area contributed by atoms with Gasteiger partial charge in [-0.25, -0.2) is 0 Å². The monoisotopic (exact) mass is 514 g/mol. The lowest BCUT2D eigenvalue weighted by atomic mass is 9.94. The first-order valence-corrected chi connectivity index (χ1v) is 12.0. The van der Waals surface area contributed by atoms with E-state index in [0.717, 1.165) is 5.69 Å². The molecule has 1 amide bonds. The number of nitrogens with zero attached hydrogens (tertiary/aromatic N) is 2. The van der Waals surface area contributed by atoms with Gasteiger partial charge in [0.1, 0.15) is 29.6 Å². The van der Waals surface area contributed by atoms with Crippen LogP contribution in [0.2, 0.25) is 0 Å². The summed E-state index contributed by atoms with van der Waals surface area (Å²) in [6.45, 7) is 2.52. The second kappa shape index (κ2) is 9.93. The molecule has 0 radical (unpaired) electrons. The Morgan fingerprint density at radius 3 is 2.50 bits per heavy atom. The molecule has 3 aromatic carbocycles. The van der Waals surface area contributed by atoms with Crippen molar-refractivity contribution >= 4 is 34.8 Å². The molecule has 9 nitrogen and oxygen atoms in total. The van der Waals surface area contributed by atoms with Gasteiger partial charge in [0.15, 0.2) is 0 Å². The second-order valence-electron chi connectivity index (χ2n) is 8.99. The normalized spacial score (nSPS) is 18.1. The molecule has 1 fully saturated rings. The molecule has 1 atom stereocenters. The predicted molar refractivity (Wildman–Crippen MR) is 141 cm³/mol. The molecule has 2 heterocycles. The van der Waals surface area contributed by atoms with E-state index < -0.39 is 23.7 Å². The van der Waals surface area contributed by atoms with Gasteiger partial charge in [-0.1, -0.05) is 18.2 Å². The van der Waals surface area contributed by atoms with Crippen LogP contribution in [-0.2, 0) is 14.4 Å². The number of ketones is 1. The molecule has 0 spiro atoms. The van der Waals surface area contributed by atoms with E-state index in [1.54, 1.807) is 66.7 Å². The summed E-state index contributed by atoms with van der Waals surface area (Å²) in [5, 5.41) is 11.5. The van der Waals surface area contributed by atoms with Gasteiger partial charge in [-0.05, 0) is 48.0 Å². The highest BCUT2D eigenvalue weighted by Crippen LogP contribution is 2.44. The lowest BCUT2D eigenvalue weighted by Crippen LogP contribution is -2.29. The molecule has 2 aliphatic heterocycles. The zero-order valence-electron chi connectivity index (χ0n) is 21.1. The van der Waals surface area contributed by atoms with E-state index in [0.29, 0.717) is 47.2 Å². The fourth-order valence-electron chi connectivity index (χ4n) is 4.71. The molecule has 9 heteroatoms. The van der Waals surface area contributed by atoms with Gasteiger partial charge in [0.05, 0.1) is 31.0 Å². The van der Waals surface area contributed by atoms with Crippen molar-refractivity contribution in [2.45, 2.75) is 13.0 Å². The Kier molecular flexibility index (Phi) is 6.50. The van der Waals surface area contributed by atoms with Gasteiger partial charge in [-0.2, -0.15) is 0 Å². The molecule has 1 unspecified atom stereocenters. The highest BCUT2D eigenvalue weighted by molar-refractivity contribution is 6.51. The van der Waals surface area contributed by atoms with Crippen LogP contribution in [0.5, 0.6) is 17.2 Å². The number of rotatable bonds is 5. The minimum absolute atomic E-state index is 0.0580. The molecule has 2 aliphatic rings. The highest BCUT2D eigenvalue weighted by Gasteiger charge is 2.47. The van der Waals surface area contributed by atoms with E-state index in [1.165, 1.54) is 18.9 Å². The smallest absolute Gasteiger partial charge is 0.308 e. The molecule has 1 N–H and O–H groups in total. The average Bonchev–Trinajstić information content (AvgIpc) is 3.18. The van der Waals surface area contributed by atoms with Crippen molar-refractivity contribution in [1.29, 1.82) is 0 Å². The molecule has 0 saturated carbocycles. The summed E-state index contributed by atoms with van der Waals surface area (Å²) >= 11 is 0. The van der Waals surface area contributed by atoms with Crippen LogP contribution < -0.4 is 24.0 Å². The van der Waals surface area contributed by atoms with E-state index in [4.69, 9.17) is 14.2 Å². The number of esters is 1. The number of hydrogen-bond acceptors (Lipinski definition) is 8. The van der Waals surface area contributed by atoms with Crippen molar-refractivity contribution in [2.75, 3.05) is 37.1 Å². The summed E-state index contributed by atoms with van der Waals surface area (Å²) in [7, 11) is 3.42. The molecule has 0 bridgehead atoms. The Balaban J connectivity index is 1.67. The molecule has 0 aromatic heterocycles. The minimum Gasteiger partial charge on any atom is -0.507 e. The molecule has 194 valence electrons. The summed E-state index contributed by atoms with van der Waals surface area (Å²) in [6, 6.07) is 17.4. The van der Waals surface area contributed by atoms with E-state index in [1.807, 2.05) is 11.9 Å². The Labute approximate surface area is 219 Å². The summed E-state index contributed by atoms with van der Waals surface area (Å²) in [5.74, 6) is -0.881. The van der Waals surface area contributed by atoms with Crippen molar-refractivity contribution in [2.24, 2.45) is 0 Å². The van der Waals surface area contributed by atoms with Crippen molar-refractivity contribution in [3.05, 3.63) is 83.4 Å². The van der Waals surface area contributed by atoms with Gasteiger partial charge in [0.25, 0.3) is 11.7 Å². The molecule has 0 aliphatic carbocycles. The van der Waals surface area contributed by atoms with Crippen LogP contribution in [0.25, 0.3) is 5.76 Å². The zero-order valence-corrected chi connectivity index (χ0v) is 21.1. The number of fused-ring (bicyclic) bond motifs is 1. The first kappa shape index (κ1) is 24.9. The lowest BCUT2D eigenvalue weighted by Gasteiger charge is -2.28. The van der Waals surface area contributed by atoms with Crippen LogP contribution in [0, 0.1) is 0 Å². The second-order valence-corrected chi connectivity index (χ2v) is 8.99. The van der Waals surface area contributed by atoms with Gasteiger partial charge in [0, 0.05) is 31.3 Å². The maximum Gasteiger partial charge on any atom is 0.308 e. The average molecular weight is 515 g/mol. The van der Waals surface area contributed by atoms with Gasteiger partial charge >= 0.3 is 5.97 Å². The number of Topliss-reactive ketones (excluding diaryl/α,β-unsaturated/α-hetero) is 1. The third kappa shape index (κ3) is 4.43. The first-order valence-electron chi connectivity index (χ1n) is 12.0. The van der Waals surface area contributed by atoms with E-state index >= 15 is 0 Å². The summed E-state index contributed by atoms with van der Waals surface area (Å²) in [6.07, 6.45) is 0. The van der Waals surface area contributed by atoms with Crippen LogP contribution >= 0.6 is 0 Å². The van der Waals surface area contributed by atoms with Crippen molar-refractivity contribution in [1.82, 2.24) is 0 Å². The summed E-state index contributed by atoms with van der Waals surface area (Å²) < 4.78 is 16.2. The molecular weight excluding hydrogens is 488 g/mol. The van der Waals surface area contributed by atoms with Crippen LogP contribution in [0.3, 0.4) is 0 Å². The highest BCUT2D eigenvalue weighted by atomic mass is 16.5. The quantitative estimate of drug-likeness (QED) is 0.179. The maximum atomic E-state index is 13.5. The molecule has 5 rings (SSSR count). The number of anilines is 2. The van der Waals surface area contributed by atoms with E-state index in [2.05, 4.69) is 0 Å². The number of carbonyl (C=O) groups excluding carboxylic acids is 3. The van der Waals surface area contributed by atoms with Crippen molar-refractivity contribution < 1.29 is 33.7 Å². The Morgan fingerprint density at radius 2 is 1.79 bits per heavy atom. The number of likely N-dealkylation sites (N-methyl/N-ethyl adjacent to an activating group) is 1. The number of ether oxygens (including phenoxy) is 3. The van der Waals surface area contributed by atoms with Gasteiger partial charge in [-0.3, -0.25) is 19.3 Å². The summed E-state index contributed by atoms with van der Waals surface area (Å²) in [5.41, 5.74) is 2.06. The SMILES string of the molecule is COc1cccc(N2C(=O)C(=O)/C(=C(\O)c3ccc4c(c3)N(C)CCO4)C2c2ccc(OC(C)=O)cc2)c1. The first-order chi connectivity index (χ1) is 18.3. The fraction of sp³-hybridized carbons (Fsp3) is 0.207. The topological polar surface area (TPSA) is 106 Å². The molecule has 1 saturated heterocycles. The number of hydrogen-bond donors (Lipinski definition) is 1. The van der Waals surface area contributed by atoms with Crippen molar-refractivity contribution in [3.8, 4) is 17.2 Å². The number of aliphatic hydroxyl groups is 1. The standard InChI is InChI=1S/C29H26N2O7/c1-17(32)38-21-10-7-18(8-11-21)26-25(27(33)19-9-12-24-23(15-19)30(2)13-14-37-24)28(34)29(35)31(26)20-5-4-6-22(16-20)36-3/h4-12,15-16,26,33H,13-14H2,1-3H3/b27-25-. The predicted octanol–water partition coefficient (Wildman–Crippen LogP) is 4.08. The van der Waals surface area contributed by atoms with Crippen LogP contribution in [0.1, 0.15) is 24.1 Å². The van der Waals surface area contributed by atoms with Gasteiger partial charge < -0.3 is 24.2 Å². The zero-order chi connectivity index (χ0) is 27.0. The number of benzene rings is 3. The van der Waals surface area contributed by atoms with E-state index in [-0.39, 0.29) is 11.3 Å². The number of amides is 1. The van der Waals surface area contributed by atoms with Crippen LogP contribution in [-0.4, -0.2) is 50.1 Å². The maximum absolute atomic E-state index is 13.5.